The molecule has 1 aliphatic heterocycles. The van der Waals surface area contributed by atoms with Crippen LogP contribution >= 0.6 is 11.8 Å². The summed E-state index contributed by atoms with van der Waals surface area (Å²) in [5.74, 6) is 0. The number of hydrogen-bond donors (Lipinski definition) is 0. The first-order valence-corrected chi connectivity index (χ1v) is 17.5. The Kier molecular flexibility index (Phi) is 6.32. The van der Waals surface area contributed by atoms with Gasteiger partial charge in [0.2, 0.25) is 0 Å². The van der Waals surface area contributed by atoms with Crippen LogP contribution in [0.2, 0.25) is 0 Å². The Bertz CT molecular complexity index is 2610. The van der Waals surface area contributed by atoms with Gasteiger partial charge >= 0.3 is 0 Å². The van der Waals surface area contributed by atoms with Gasteiger partial charge in [-0.2, -0.15) is 0 Å². The monoisotopic (exact) mass is 630 g/mol. The van der Waals surface area contributed by atoms with Crippen LogP contribution in [0.1, 0.15) is 16.4 Å². The van der Waals surface area contributed by atoms with Crippen molar-refractivity contribution in [3.63, 3.8) is 0 Å². The molecule has 226 valence electrons. The molecule has 0 saturated heterocycles. The molecule has 1 aromatic heterocycles. The van der Waals surface area contributed by atoms with Crippen molar-refractivity contribution < 1.29 is 4.42 Å². The largest absolute Gasteiger partial charge is 0.456 e. The highest BCUT2D eigenvalue weighted by molar-refractivity contribution is 7.99. The number of hydrogen-bond acceptors (Lipinski definition) is 2. The van der Waals surface area contributed by atoms with E-state index in [0.717, 1.165) is 17.6 Å². The fourth-order valence-corrected chi connectivity index (χ4v) is 9.23. The van der Waals surface area contributed by atoms with Crippen molar-refractivity contribution >= 4 is 55.2 Å². The van der Waals surface area contributed by atoms with Gasteiger partial charge in [-0.3, -0.25) is 0 Å². The van der Waals surface area contributed by atoms with Crippen molar-refractivity contribution in [1.29, 1.82) is 0 Å². The van der Waals surface area contributed by atoms with Gasteiger partial charge in [-0.25, -0.2) is 0 Å². The maximum Gasteiger partial charge on any atom is 0.136 e. The number of thioether (sulfide) groups is 1. The molecule has 0 aliphatic carbocycles. The number of benzene rings is 8. The summed E-state index contributed by atoms with van der Waals surface area (Å²) in [5, 5.41) is 7.79. The molecule has 48 heavy (non-hydrogen) atoms. The summed E-state index contributed by atoms with van der Waals surface area (Å²) in [7, 11) is 0. The third-order valence-electron chi connectivity index (χ3n) is 10.0. The van der Waals surface area contributed by atoms with Gasteiger partial charge in [-0.15, -0.1) is 11.8 Å². The number of rotatable bonds is 4. The van der Waals surface area contributed by atoms with Gasteiger partial charge in [0.15, 0.2) is 0 Å². The zero-order chi connectivity index (χ0) is 31.6. The van der Waals surface area contributed by atoms with Crippen LogP contribution in [-0.2, 0) is 6.42 Å². The molecule has 8 aromatic carbocycles. The minimum Gasteiger partial charge on any atom is -0.456 e. The van der Waals surface area contributed by atoms with E-state index in [9.17, 15) is 0 Å². The first-order chi connectivity index (χ1) is 23.8. The lowest BCUT2D eigenvalue weighted by Crippen LogP contribution is -1.95. The second-order valence-corrected chi connectivity index (χ2v) is 14.0. The number of fused-ring (bicyclic) bond motifs is 6. The van der Waals surface area contributed by atoms with E-state index in [2.05, 4.69) is 164 Å². The van der Waals surface area contributed by atoms with Crippen molar-refractivity contribution in [2.24, 2.45) is 0 Å². The Morgan fingerprint density at radius 1 is 0.438 bits per heavy atom. The molecule has 0 saturated carbocycles. The molecular formula is C46H30OS. The van der Waals surface area contributed by atoms with Gasteiger partial charge in [0.05, 0.1) is 0 Å². The minimum atomic E-state index is 0.366. The Morgan fingerprint density at radius 2 is 1.00 bits per heavy atom. The Morgan fingerprint density at radius 3 is 1.69 bits per heavy atom. The standard InChI is InChI=1S/C46H30OS/c1-3-13-29(14-4-1)33-17-7-8-18-34(33)44-27-32-26-40-39-25-31(23-24-41(39)47-42(40)28-43(32)48-44)46-37-21-11-9-19-35(37)45(30-15-5-2-6-16-30)36-20-10-12-22-38(36)46/h1-26,28,44H,27H2. The van der Waals surface area contributed by atoms with Gasteiger partial charge in [0.25, 0.3) is 0 Å². The molecule has 9 aromatic rings. The molecule has 1 unspecified atom stereocenters. The van der Waals surface area contributed by atoms with E-state index in [1.807, 2.05) is 11.8 Å². The molecule has 0 spiro atoms. The Hall–Kier alpha value is -5.57. The average molecular weight is 631 g/mol. The predicted molar refractivity (Wildman–Crippen MR) is 204 cm³/mol. The summed E-state index contributed by atoms with van der Waals surface area (Å²) in [5.41, 5.74) is 12.3. The van der Waals surface area contributed by atoms with Crippen LogP contribution in [0.15, 0.2) is 173 Å². The van der Waals surface area contributed by atoms with E-state index in [0.29, 0.717) is 5.25 Å². The minimum absolute atomic E-state index is 0.366. The second-order valence-electron chi connectivity index (χ2n) is 12.7. The summed E-state index contributed by atoms with van der Waals surface area (Å²) in [6.45, 7) is 0. The van der Waals surface area contributed by atoms with E-state index in [1.165, 1.54) is 81.7 Å². The van der Waals surface area contributed by atoms with Gasteiger partial charge in [-0.05, 0) is 96.7 Å². The second kappa shape index (κ2) is 11.0. The molecular weight excluding hydrogens is 601 g/mol. The highest BCUT2D eigenvalue weighted by Gasteiger charge is 2.27. The highest BCUT2D eigenvalue weighted by Crippen LogP contribution is 2.51. The summed E-state index contributed by atoms with van der Waals surface area (Å²) < 4.78 is 6.54. The van der Waals surface area contributed by atoms with Gasteiger partial charge in [0.1, 0.15) is 11.2 Å². The maximum atomic E-state index is 6.54. The van der Waals surface area contributed by atoms with Crippen LogP contribution in [0.3, 0.4) is 0 Å². The van der Waals surface area contributed by atoms with Crippen molar-refractivity contribution in [3.05, 3.63) is 175 Å². The van der Waals surface area contributed by atoms with Gasteiger partial charge in [-0.1, -0.05) is 140 Å². The van der Waals surface area contributed by atoms with E-state index < -0.39 is 0 Å². The van der Waals surface area contributed by atoms with Crippen molar-refractivity contribution in [3.8, 4) is 33.4 Å². The van der Waals surface area contributed by atoms with Crippen LogP contribution in [0.25, 0.3) is 76.9 Å². The quantitative estimate of drug-likeness (QED) is 0.180. The molecule has 2 heteroatoms. The Labute approximate surface area is 283 Å². The molecule has 0 fully saturated rings. The van der Waals surface area contributed by atoms with Crippen molar-refractivity contribution in [2.45, 2.75) is 16.6 Å². The van der Waals surface area contributed by atoms with Crippen LogP contribution in [-0.4, -0.2) is 0 Å². The lowest BCUT2D eigenvalue weighted by molar-refractivity contribution is 0.667. The first-order valence-electron chi connectivity index (χ1n) is 16.6. The topological polar surface area (TPSA) is 13.1 Å². The Balaban J connectivity index is 1.12. The summed E-state index contributed by atoms with van der Waals surface area (Å²) >= 11 is 1.97. The van der Waals surface area contributed by atoms with E-state index in [4.69, 9.17) is 4.42 Å². The maximum absolute atomic E-state index is 6.54. The molecule has 0 N–H and O–H groups in total. The SMILES string of the molecule is c1ccc(-c2ccccc2C2Cc3cc4c(cc3S2)oc2ccc(-c3c5ccccc5c(-c5ccccc5)c5ccccc35)cc24)cc1. The predicted octanol–water partition coefficient (Wildman–Crippen LogP) is 13.3. The van der Waals surface area contributed by atoms with Gasteiger partial charge in [0, 0.05) is 20.9 Å². The zero-order valence-corrected chi connectivity index (χ0v) is 27.0. The smallest absolute Gasteiger partial charge is 0.136 e. The van der Waals surface area contributed by atoms with Crippen LogP contribution < -0.4 is 0 Å². The fraction of sp³-hybridized carbons (Fsp3) is 0.0435. The third-order valence-corrected chi connectivity index (χ3v) is 11.3. The lowest BCUT2D eigenvalue weighted by Gasteiger charge is -2.17. The lowest BCUT2D eigenvalue weighted by atomic mass is 9.86. The molecule has 2 heterocycles. The van der Waals surface area contributed by atoms with Crippen LogP contribution in [0, 0.1) is 0 Å². The van der Waals surface area contributed by atoms with E-state index in [-0.39, 0.29) is 0 Å². The molecule has 1 nitrogen and oxygen atoms in total. The third kappa shape index (κ3) is 4.33. The van der Waals surface area contributed by atoms with E-state index in [1.54, 1.807) is 0 Å². The molecule has 1 atom stereocenters. The van der Waals surface area contributed by atoms with E-state index >= 15 is 0 Å². The molecule has 0 amide bonds. The summed E-state index contributed by atoms with van der Waals surface area (Å²) in [6.07, 6.45) is 1.00. The number of furan rings is 1. The van der Waals surface area contributed by atoms with Gasteiger partial charge < -0.3 is 4.42 Å². The summed E-state index contributed by atoms with van der Waals surface area (Å²) in [6, 6.07) is 59.6. The fourth-order valence-electron chi connectivity index (χ4n) is 7.86. The zero-order valence-electron chi connectivity index (χ0n) is 26.2. The molecule has 0 bridgehead atoms. The normalized spacial score (nSPS) is 14.3. The first kappa shape index (κ1) is 27.5. The average Bonchev–Trinajstić information content (AvgIpc) is 3.73. The summed E-state index contributed by atoms with van der Waals surface area (Å²) in [4.78, 5) is 1.32. The molecule has 1 aliphatic rings. The molecule has 0 radical (unpaired) electrons. The van der Waals surface area contributed by atoms with Crippen LogP contribution in [0.5, 0.6) is 0 Å². The highest BCUT2D eigenvalue weighted by atomic mass is 32.2. The van der Waals surface area contributed by atoms with Crippen molar-refractivity contribution in [1.82, 2.24) is 0 Å². The van der Waals surface area contributed by atoms with Crippen molar-refractivity contribution in [2.75, 3.05) is 0 Å². The molecule has 10 rings (SSSR count). The van der Waals surface area contributed by atoms with Crippen LogP contribution in [0.4, 0.5) is 0 Å².